The highest BCUT2D eigenvalue weighted by Gasteiger charge is 2.32. The summed E-state index contributed by atoms with van der Waals surface area (Å²) in [5.41, 5.74) is 1.61. The maximum Gasteiger partial charge on any atom is 0.243 e. The van der Waals surface area contributed by atoms with E-state index in [9.17, 15) is 13.2 Å². The molecule has 1 saturated heterocycles. The summed E-state index contributed by atoms with van der Waals surface area (Å²) in [7, 11) is -2.04. The lowest BCUT2D eigenvalue weighted by Crippen LogP contribution is -2.41. The van der Waals surface area contributed by atoms with Crippen molar-refractivity contribution in [1.82, 2.24) is 4.31 Å². The molecule has 6 nitrogen and oxygen atoms in total. The van der Waals surface area contributed by atoms with Gasteiger partial charge in [-0.25, -0.2) is 8.42 Å². The van der Waals surface area contributed by atoms with Crippen LogP contribution in [0.3, 0.4) is 0 Å². The molecule has 1 aliphatic heterocycles. The van der Waals surface area contributed by atoms with Crippen molar-refractivity contribution in [3.63, 3.8) is 0 Å². The average Bonchev–Trinajstić information content (AvgIpc) is 2.74. The minimum Gasteiger partial charge on any atom is -0.495 e. The second-order valence-corrected chi connectivity index (χ2v) is 10.1. The Morgan fingerprint density at radius 3 is 2.33 bits per heavy atom. The van der Waals surface area contributed by atoms with Crippen LogP contribution in [-0.4, -0.2) is 38.8 Å². The monoisotopic (exact) mass is 450 g/mol. The minimum absolute atomic E-state index is 0.158. The number of methoxy groups -OCH3 is 1. The predicted octanol–water partition coefficient (Wildman–Crippen LogP) is 4.51. The van der Waals surface area contributed by atoms with E-state index in [1.165, 1.54) is 11.4 Å². The van der Waals surface area contributed by atoms with Gasteiger partial charge in [0.2, 0.25) is 15.9 Å². The Hall–Kier alpha value is -2.09. The summed E-state index contributed by atoms with van der Waals surface area (Å²) in [5, 5.41) is 3.35. The lowest BCUT2D eigenvalue weighted by Gasteiger charge is -2.30. The molecular weight excluding hydrogens is 424 g/mol. The lowest BCUT2D eigenvalue weighted by molar-refractivity contribution is -0.120. The van der Waals surface area contributed by atoms with Crippen molar-refractivity contribution in [1.29, 1.82) is 0 Å². The fraction of sp³-hybridized carbons (Fsp3) is 0.409. The van der Waals surface area contributed by atoms with Gasteiger partial charge in [0.1, 0.15) is 5.75 Å². The average molecular weight is 451 g/mol. The van der Waals surface area contributed by atoms with Crippen molar-refractivity contribution < 1.29 is 17.9 Å². The molecule has 0 spiro atoms. The van der Waals surface area contributed by atoms with Gasteiger partial charge >= 0.3 is 0 Å². The number of nitrogens with one attached hydrogen (secondary N) is 1. The summed E-state index contributed by atoms with van der Waals surface area (Å²) >= 11 is 6.02. The van der Waals surface area contributed by atoms with Crippen LogP contribution in [0, 0.1) is 5.92 Å². The van der Waals surface area contributed by atoms with Gasteiger partial charge in [-0.15, -0.1) is 0 Å². The first-order valence-corrected chi connectivity index (χ1v) is 11.8. The molecule has 0 saturated carbocycles. The normalized spacial score (nSPS) is 15.9. The topological polar surface area (TPSA) is 75.7 Å². The Kier molecular flexibility index (Phi) is 7.06. The molecule has 8 heteroatoms. The van der Waals surface area contributed by atoms with Gasteiger partial charge in [-0.05, 0) is 54.7 Å². The molecule has 1 heterocycles. The summed E-state index contributed by atoms with van der Waals surface area (Å²) in [6.45, 7) is 4.74. The Morgan fingerprint density at radius 2 is 1.77 bits per heavy atom. The van der Waals surface area contributed by atoms with Crippen LogP contribution >= 0.6 is 11.6 Å². The van der Waals surface area contributed by atoms with Crippen molar-refractivity contribution in [2.45, 2.75) is 37.5 Å². The van der Waals surface area contributed by atoms with E-state index in [1.54, 1.807) is 30.3 Å². The maximum absolute atomic E-state index is 13.0. The first kappa shape index (κ1) is 22.6. The summed E-state index contributed by atoms with van der Waals surface area (Å²) in [4.78, 5) is 13.0. The fourth-order valence-electron chi connectivity index (χ4n) is 3.54. The maximum atomic E-state index is 13.0. The van der Waals surface area contributed by atoms with Crippen molar-refractivity contribution >= 4 is 33.2 Å². The van der Waals surface area contributed by atoms with Crippen molar-refractivity contribution in [3.05, 3.63) is 53.1 Å². The molecule has 1 aliphatic rings. The molecule has 0 bridgehead atoms. The van der Waals surface area contributed by atoms with E-state index in [0.717, 1.165) is 5.56 Å². The van der Waals surface area contributed by atoms with Crippen LogP contribution in [0.5, 0.6) is 5.75 Å². The van der Waals surface area contributed by atoms with Crippen LogP contribution in [-0.2, 0) is 14.8 Å². The first-order valence-electron chi connectivity index (χ1n) is 9.97. The van der Waals surface area contributed by atoms with Crippen LogP contribution in [0.15, 0.2) is 47.4 Å². The highest BCUT2D eigenvalue weighted by molar-refractivity contribution is 7.89. The Morgan fingerprint density at radius 1 is 1.13 bits per heavy atom. The first-order chi connectivity index (χ1) is 14.2. The van der Waals surface area contributed by atoms with Crippen molar-refractivity contribution in [2.24, 2.45) is 5.92 Å². The molecule has 0 aliphatic carbocycles. The van der Waals surface area contributed by atoms with Gasteiger partial charge in [-0.3, -0.25) is 4.79 Å². The zero-order chi connectivity index (χ0) is 21.9. The van der Waals surface area contributed by atoms with Crippen molar-refractivity contribution in [2.75, 3.05) is 25.5 Å². The van der Waals surface area contributed by atoms with Crippen LogP contribution in [0.1, 0.15) is 38.2 Å². The molecule has 0 atom stereocenters. The molecule has 0 radical (unpaired) electrons. The zero-order valence-electron chi connectivity index (χ0n) is 17.4. The van der Waals surface area contributed by atoms with E-state index in [1.807, 2.05) is 12.1 Å². The molecule has 2 aromatic carbocycles. The molecule has 2 aromatic rings. The number of piperidine rings is 1. The van der Waals surface area contributed by atoms with Crippen LogP contribution in [0.2, 0.25) is 5.02 Å². The molecule has 0 unspecified atom stereocenters. The number of nitrogens with zero attached hydrogens (tertiary/aromatic N) is 1. The van der Waals surface area contributed by atoms with E-state index in [4.69, 9.17) is 16.3 Å². The molecule has 162 valence electrons. The van der Waals surface area contributed by atoms with Crippen molar-refractivity contribution in [3.8, 4) is 5.75 Å². The molecular formula is C22H27ClN2O4S. The fourth-order valence-corrected chi connectivity index (χ4v) is 5.19. The summed E-state index contributed by atoms with van der Waals surface area (Å²) in [5.74, 6) is 0.434. The number of halogens is 1. The quantitative estimate of drug-likeness (QED) is 0.702. The van der Waals surface area contributed by atoms with Gasteiger partial charge in [-0.2, -0.15) is 4.31 Å². The van der Waals surface area contributed by atoms with Gasteiger partial charge in [0.05, 0.1) is 17.7 Å². The molecule has 1 N–H and O–H groups in total. The van der Waals surface area contributed by atoms with Gasteiger partial charge in [0.25, 0.3) is 0 Å². The van der Waals surface area contributed by atoms with E-state index in [2.05, 4.69) is 19.2 Å². The third-order valence-corrected chi connectivity index (χ3v) is 7.58. The lowest BCUT2D eigenvalue weighted by atomic mass is 9.97. The number of sulfonamides is 1. The molecule has 1 fully saturated rings. The molecule has 0 aromatic heterocycles. The number of rotatable bonds is 6. The number of hydrogen-bond donors (Lipinski definition) is 1. The van der Waals surface area contributed by atoms with Gasteiger partial charge in [-0.1, -0.05) is 37.6 Å². The zero-order valence-corrected chi connectivity index (χ0v) is 19.0. The third-order valence-electron chi connectivity index (χ3n) is 5.43. The molecule has 30 heavy (non-hydrogen) atoms. The number of carbonyl (C=O) groups is 1. The predicted molar refractivity (Wildman–Crippen MR) is 119 cm³/mol. The number of hydrogen-bond acceptors (Lipinski definition) is 4. The van der Waals surface area contributed by atoms with E-state index < -0.39 is 10.0 Å². The number of benzene rings is 2. The minimum atomic E-state index is -3.56. The Balaban J connectivity index is 1.64. The van der Waals surface area contributed by atoms with Crippen LogP contribution in [0.25, 0.3) is 0 Å². The van der Waals surface area contributed by atoms with Gasteiger partial charge in [0.15, 0.2) is 0 Å². The number of amides is 1. The Bertz CT molecular complexity index is 998. The second kappa shape index (κ2) is 9.37. The molecule has 1 amide bonds. The van der Waals surface area contributed by atoms with Gasteiger partial charge in [0, 0.05) is 24.0 Å². The van der Waals surface area contributed by atoms with Gasteiger partial charge < -0.3 is 10.1 Å². The SMILES string of the molecule is COc1ccc(Cl)cc1NC(=O)C1CCN(S(=O)(=O)c2ccc(C(C)C)cc2)CC1. The van der Waals surface area contributed by atoms with E-state index in [0.29, 0.717) is 53.2 Å². The largest absolute Gasteiger partial charge is 0.495 e. The number of ether oxygens (including phenoxy) is 1. The Labute approximate surface area is 183 Å². The summed E-state index contributed by atoms with van der Waals surface area (Å²) in [6, 6.07) is 12.1. The van der Waals surface area contributed by atoms with Crippen LogP contribution < -0.4 is 10.1 Å². The third kappa shape index (κ3) is 4.96. The summed E-state index contributed by atoms with van der Waals surface area (Å²) < 4.78 is 32.6. The number of carbonyl (C=O) groups excluding carboxylic acids is 1. The highest BCUT2D eigenvalue weighted by atomic mass is 35.5. The van der Waals surface area contributed by atoms with E-state index in [-0.39, 0.29) is 11.8 Å². The summed E-state index contributed by atoms with van der Waals surface area (Å²) in [6.07, 6.45) is 0.913. The number of anilines is 1. The van der Waals surface area contributed by atoms with Crippen LogP contribution in [0.4, 0.5) is 5.69 Å². The van der Waals surface area contributed by atoms with E-state index >= 15 is 0 Å². The molecule has 3 rings (SSSR count). The smallest absolute Gasteiger partial charge is 0.243 e. The second-order valence-electron chi connectivity index (χ2n) is 7.74. The highest BCUT2D eigenvalue weighted by Crippen LogP contribution is 2.30. The standard InChI is InChI=1S/C22H27ClN2O4S/c1-15(2)16-4-7-19(8-5-16)30(27,28)25-12-10-17(11-13-25)22(26)24-20-14-18(23)6-9-21(20)29-3/h4-9,14-15,17H,10-13H2,1-3H3,(H,24,26).